The molecule has 7 nitrogen and oxygen atoms in total. The molecule has 2 N–H and O–H groups in total. The lowest BCUT2D eigenvalue weighted by Crippen LogP contribution is -2.23. The molecule has 1 aliphatic rings. The van der Waals surface area contributed by atoms with Gasteiger partial charge < -0.3 is 14.8 Å². The van der Waals surface area contributed by atoms with E-state index in [2.05, 4.69) is 15.5 Å². The summed E-state index contributed by atoms with van der Waals surface area (Å²) < 4.78 is 23.7. The number of H-pyrrole nitrogens is 1. The average molecular weight is 390 g/mol. The first-order chi connectivity index (χ1) is 14.1. The summed E-state index contributed by atoms with van der Waals surface area (Å²) >= 11 is 0. The summed E-state index contributed by atoms with van der Waals surface area (Å²) in [6.45, 7) is 0.401. The minimum Gasteiger partial charge on any atom is -0.454 e. The van der Waals surface area contributed by atoms with Crippen molar-refractivity contribution in [3.8, 4) is 28.8 Å². The van der Waals surface area contributed by atoms with Crippen molar-refractivity contribution in [1.29, 1.82) is 5.26 Å². The van der Waals surface area contributed by atoms with Crippen LogP contribution in [0.5, 0.6) is 11.5 Å². The number of halogens is 1. The number of aromatic nitrogens is 2. The van der Waals surface area contributed by atoms with Crippen LogP contribution in [0.25, 0.3) is 17.3 Å². The van der Waals surface area contributed by atoms with Gasteiger partial charge in [0.25, 0.3) is 5.91 Å². The van der Waals surface area contributed by atoms with Crippen LogP contribution in [0.1, 0.15) is 11.1 Å². The van der Waals surface area contributed by atoms with E-state index in [0.717, 1.165) is 5.56 Å². The Hall–Kier alpha value is -4.12. The first-order valence-electron chi connectivity index (χ1n) is 8.72. The number of carbonyl (C=O) groups is 1. The largest absolute Gasteiger partial charge is 0.454 e. The van der Waals surface area contributed by atoms with Crippen molar-refractivity contribution >= 4 is 12.0 Å². The molecule has 0 saturated heterocycles. The molecule has 1 amide bonds. The second-order valence-corrected chi connectivity index (χ2v) is 6.25. The van der Waals surface area contributed by atoms with Gasteiger partial charge in [0.2, 0.25) is 6.79 Å². The minimum atomic E-state index is -0.517. The lowest BCUT2D eigenvalue weighted by molar-refractivity contribution is -0.117. The molecule has 0 atom stereocenters. The van der Waals surface area contributed by atoms with E-state index in [-0.39, 0.29) is 24.7 Å². The van der Waals surface area contributed by atoms with Gasteiger partial charge in [-0.25, -0.2) is 4.39 Å². The zero-order valence-corrected chi connectivity index (χ0v) is 15.1. The van der Waals surface area contributed by atoms with E-state index in [1.807, 2.05) is 12.1 Å². The smallest absolute Gasteiger partial charge is 0.262 e. The van der Waals surface area contributed by atoms with Crippen molar-refractivity contribution in [2.24, 2.45) is 0 Å². The van der Waals surface area contributed by atoms with Crippen LogP contribution in [-0.2, 0) is 11.3 Å². The normalized spacial score (nSPS) is 12.5. The molecule has 3 aromatic rings. The fourth-order valence-electron chi connectivity index (χ4n) is 2.89. The number of aromatic amines is 1. The lowest BCUT2D eigenvalue weighted by Gasteiger charge is -2.06. The van der Waals surface area contributed by atoms with Crippen molar-refractivity contribution in [3.63, 3.8) is 0 Å². The van der Waals surface area contributed by atoms with Crippen LogP contribution in [0, 0.1) is 17.1 Å². The van der Waals surface area contributed by atoms with Crippen molar-refractivity contribution in [1.82, 2.24) is 15.5 Å². The van der Waals surface area contributed by atoms with Crippen LogP contribution in [0.3, 0.4) is 0 Å². The predicted molar refractivity (Wildman–Crippen MR) is 102 cm³/mol. The highest BCUT2D eigenvalue weighted by atomic mass is 19.1. The number of carbonyl (C=O) groups excluding carboxylic acids is 1. The SMILES string of the molecule is N#C/C(=C\c1cn[nH]c1-c1ccc(F)cc1)C(=O)NCc1ccc2c(c1)OCO2. The monoisotopic (exact) mass is 390 g/mol. The summed E-state index contributed by atoms with van der Waals surface area (Å²) in [5.74, 6) is 0.406. The van der Waals surface area contributed by atoms with Gasteiger partial charge >= 0.3 is 0 Å². The summed E-state index contributed by atoms with van der Waals surface area (Å²) in [6, 6.07) is 13.1. The number of fused-ring (bicyclic) bond motifs is 1. The van der Waals surface area contributed by atoms with Gasteiger partial charge in [0, 0.05) is 17.7 Å². The molecule has 0 aliphatic carbocycles. The standard InChI is InChI=1S/C21H15FN4O3/c22-17-4-2-14(3-5-17)20-16(11-25-26-20)8-15(9-23)21(27)24-10-13-1-6-18-19(7-13)29-12-28-18/h1-8,11H,10,12H2,(H,24,27)(H,25,26)/b15-8+. The molecule has 1 aromatic heterocycles. The molecule has 1 aliphatic heterocycles. The van der Waals surface area contributed by atoms with Crippen LogP contribution >= 0.6 is 0 Å². The van der Waals surface area contributed by atoms with Crippen LogP contribution in [0.4, 0.5) is 4.39 Å². The quantitative estimate of drug-likeness (QED) is 0.515. The average Bonchev–Trinajstić information content (AvgIpc) is 3.39. The van der Waals surface area contributed by atoms with Gasteiger partial charge in [-0.05, 0) is 48.0 Å². The molecule has 0 radical (unpaired) electrons. The third kappa shape index (κ3) is 3.94. The number of ether oxygens (including phenoxy) is 2. The van der Waals surface area contributed by atoms with E-state index < -0.39 is 5.91 Å². The Labute approximate surface area is 165 Å². The maximum Gasteiger partial charge on any atom is 0.262 e. The summed E-state index contributed by atoms with van der Waals surface area (Å²) in [5, 5.41) is 18.9. The number of nitrogens with one attached hydrogen (secondary N) is 2. The number of nitrogens with zero attached hydrogens (tertiary/aromatic N) is 2. The highest BCUT2D eigenvalue weighted by Crippen LogP contribution is 2.32. The first-order valence-corrected chi connectivity index (χ1v) is 8.72. The molecule has 0 saturated carbocycles. The molecule has 2 heterocycles. The fourth-order valence-corrected chi connectivity index (χ4v) is 2.89. The van der Waals surface area contributed by atoms with Gasteiger partial charge in [0.1, 0.15) is 17.5 Å². The molecular formula is C21H15FN4O3. The minimum absolute atomic E-state index is 0.0736. The molecule has 29 heavy (non-hydrogen) atoms. The van der Waals surface area contributed by atoms with E-state index in [0.29, 0.717) is 28.3 Å². The Morgan fingerprint density at radius 2 is 2.03 bits per heavy atom. The number of hydrogen-bond acceptors (Lipinski definition) is 5. The fraction of sp³-hybridized carbons (Fsp3) is 0.0952. The predicted octanol–water partition coefficient (Wildman–Crippen LogP) is 3.17. The summed E-state index contributed by atoms with van der Waals surface area (Å²) in [5.41, 5.74) is 2.56. The first kappa shape index (κ1) is 18.3. The van der Waals surface area contributed by atoms with E-state index >= 15 is 0 Å². The second kappa shape index (κ2) is 7.86. The topological polar surface area (TPSA) is 100 Å². The molecule has 0 fully saturated rings. The van der Waals surface area contributed by atoms with Gasteiger partial charge in [0.05, 0.1) is 11.9 Å². The summed E-state index contributed by atoms with van der Waals surface area (Å²) in [4.78, 5) is 12.5. The molecule has 4 rings (SSSR count). The third-order valence-electron chi connectivity index (χ3n) is 4.36. The third-order valence-corrected chi connectivity index (χ3v) is 4.36. The van der Waals surface area contributed by atoms with Crippen molar-refractivity contribution in [2.45, 2.75) is 6.54 Å². The highest BCUT2D eigenvalue weighted by molar-refractivity contribution is 6.02. The van der Waals surface area contributed by atoms with Gasteiger partial charge in [-0.15, -0.1) is 0 Å². The highest BCUT2D eigenvalue weighted by Gasteiger charge is 2.15. The Morgan fingerprint density at radius 1 is 1.24 bits per heavy atom. The molecule has 2 aromatic carbocycles. The molecule has 0 spiro atoms. The van der Waals surface area contributed by atoms with Crippen molar-refractivity contribution in [3.05, 3.63) is 71.2 Å². The van der Waals surface area contributed by atoms with E-state index in [1.165, 1.54) is 24.4 Å². The Kier molecular flexibility index (Phi) is 4.95. The van der Waals surface area contributed by atoms with Crippen molar-refractivity contribution < 1.29 is 18.7 Å². The maximum absolute atomic E-state index is 13.1. The number of amides is 1. The van der Waals surface area contributed by atoms with Gasteiger partial charge in [-0.1, -0.05) is 6.07 Å². The van der Waals surface area contributed by atoms with Crippen LogP contribution in [-0.4, -0.2) is 22.9 Å². The molecule has 8 heteroatoms. The van der Waals surface area contributed by atoms with Crippen molar-refractivity contribution in [2.75, 3.05) is 6.79 Å². The number of benzene rings is 2. The van der Waals surface area contributed by atoms with Crippen LogP contribution in [0.2, 0.25) is 0 Å². The summed E-state index contributed by atoms with van der Waals surface area (Å²) in [7, 11) is 0. The molecule has 0 bridgehead atoms. The number of hydrogen-bond donors (Lipinski definition) is 2. The van der Waals surface area contributed by atoms with Crippen LogP contribution < -0.4 is 14.8 Å². The Balaban J connectivity index is 1.49. The lowest BCUT2D eigenvalue weighted by atomic mass is 10.1. The second-order valence-electron chi connectivity index (χ2n) is 6.25. The number of nitriles is 1. The zero-order chi connectivity index (χ0) is 20.2. The summed E-state index contributed by atoms with van der Waals surface area (Å²) in [6.07, 6.45) is 2.94. The molecule has 0 unspecified atom stereocenters. The number of rotatable bonds is 5. The van der Waals surface area contributed by atoms with E-state index in [1.54, 1.807) is 24.3 Å². The van der Waals surface area contributed by atoms with Gasteiger partial charge in [0.15, 0.2) is 11.5 Å². The van der Waals surface area contributed by atoms with Gasteiger partial charge in [-0.3, -0.25) is 9.89 Å². The zero-order valence-electron chi connectivity index (χ0n) is 15.1. The van der Waals surface area contributed by atoms with E-state index in [4.69, 9.17) is 9.47 Å². The molecular weight excluding hydrogens is 375 g/mol. The van der Waals surface area contributed by atoms with Crippen LogP contribution in [0.15, 0.2) is 54.2 Å². The Morgan fingerprint density at radius 3 is 2.83 bits per heavy atom. The maximum atomic E-state index is 13.1. The van der Waals surface area contributed by atoms with Gasteiger partial charge in [-0.2, -0.15) is 10.4 Å². The molecule has 144 valence electrons. The Bertz CT molecular complexity index is 1130. The van der Waals surface area contributed by atoms with E-state index in [9.17, 15) is 14.4 Å².